The number of carbonyl (C=O) groups is 2. The lowest BCUT2D eigenvalue weighted by atomic mass is 10.0. The Hall–Kier alpha value is -1.81. The molecule has 3 rings (SSSR count). The zero-order chi connectivity index (χ0) is 15.9. The molecule has 0 radical (unpaired) electrons. The van der Waals surface area contributed by atoms with Crippen LogP contribution < -0.4 is 5.32 Å². The number of carbonyl (C=O) groups excluding carboxylic acids is 2. The lowest BCUT2D eigenvalue weighted by molar-refractivity contribution is -0.137. The molecule has 2 amide bonds. The zero-order valence-corrected chi connectivity index (χ0v) is 13.4. The number of amides is 2. The van der Waals surface area contributed by atoms with Crippen LogP contribution in [-0.4, -0.2) is 53.5 Å². The third-order valence-electron chi connectivity index (χ3n) is 3.63. The Labute approximate surface area is 131 Å². The van der Waals surface area contributed by atoms with Gasteiger partial charge >= 0.3 is 0 Å². The third-order valence-corrected chi connectivity index (χ3v) is 6.07. The summed E-state index contributed by atoms with van der Waals surface area (Å²) in [4.78, 5) is 28.6. The minimum Gasteiger partial charge on any atom is -0.301 e. The van der Waals surface area contributed by atoms with E-state index < -0.39 is 33.6 Å². The average molecular weight is 342 g/mol. The summed E-state index contributed by atoms with van der Waals surface area (Å²) in [5.41, 5.74) is 0.364. The van der Waals surface area contributed by atoms with Crippen LogP contribution in [0.3, 0.4) is 0 Å². The van der Waals surface area contributed by atoms with E-state index in [4.69, 9.17) is 0 Å². The number of nitrogens with one attached hydrogen (secondary N) is 1. The molecule has 2 atom stereocenters. The highest BCUT2D eigenvalue weighted by molar-refractivity contribution is 7.91. The molecule has 22 heavy (non-hydrogen) atoms. The molecule has 2 unspecified atom stereocenters. The van der Waals surface area contributed by atoms with Gasteiger partial charge in [0, 0.05) is 11.6 Å². The maximum Gasteiger partial charge on any atom is 0.261 e. The van der Waals surface area contributed by atoms with Gasteiger partial charge in [-0.15, -0.1) is 11.3 Å². The second-order valence-electron chi connectivity index (χ2n) is 5.24. The number of thiazole rings is 1. The van der Waals surface area contributed by atoms with Crippen molar-refractivity contribution in [3.63, 3.8) is 0 Å². The highest BCUT2D eigenvalue weighted by Crippen LogP contribution is 2.26. The molecule has 10 heteroatoms. The summed E-state index contributed by atoms with van der Waals surface area (Å²) in [7, 11) is -3.12. The molecule has 1 N–H and O–H groups in total. The summed E-state index contributed by atoms with van der Waals surface area (Å²) in [6.07, 6.45) is 1.90. The fourth-order valence-corrected chi connectivity index (χ4v) is 4.81. The van der Waals surface area contributed by atoms with Gasteiger partial charge in [0.15, 0.2) is 20.9 Å². The van der Waals surface area contributed by atoms with Crippen LogP contribution in [0.1, 0.15) is 13.3 Å². The molecule has 0 aliphatic carbocycles. The number of hydrogen-bond donors (Lipinski definition) is 1. The van der Waals surface area contributed by atoms with E-state index in [0.29, 0.717) is 17.3 Å². The van der Waals surface area contributed by atoms with Crippen LogP contribution in [-0.2, 0) is 19.4 Å². The molecule has 2 aliphatic heterocycles. The van der Waals surface area contributed by atoms with Crippen LogP contribution in [0.5, 0.6) is 0 Å². The monoisotopic (exact) mass is 342 g/mol. The Balaban J connectivity index is 1.74. The largest absolute Gasteiger partial charge is 0.301 e. The van der Waals surface area contributed by atoms with Crippen molar-refractivity contribution in [2.24, 2.45) is 11.0 Å². The van der Waals surface area contributed by atoms with E-state index in [2.05, 4.69) is 15.4 Å². The second kappa shape index (κ2) is 5.43. The van der Waals surface area contributed by atoms with Gasteiger partial charge in [0.05, 0.1) is 23.3 Å². The molecule has 1 aromatic rings. The average Bonchev–Trinajstić information content (AvgIpc) is 3.10. The van der Waals surface area contributed by atoms with Crippen LogP contribution in [0.15, 0.2) is 16.7 Å². The fraction of sp³-hybridized carbons (Fsp3) is 0.500. The minimum atomic E-state index is -3.12. The van der Waals surface area contributed by atoms with Crippen LogP contribution in [0.4, 0.5) is 5.13 Å². The summed E-state index contributed by atoms with van der Waals surface area (Å²) in [5.74, 6) is -2.05. The number of rotatable bonds is 3. The van der Waals surface area contributed by atoms with E-state index in [9.17, 15) is 18.0 Å². The molecular formula is C12H14N4O4S2. The minimum absolute atomic E-state index is 0.0476. The molecule has 0 saturated carbocycles. The Kier molecular flexibility index (Phi) is 3.73. The van der Waals surface area contributed by atoms with Crippen molar-refractivity contribution in [2.75, 3.05) is 16.8 Å². The summed E-state index contributed by atoms with van der Waals surface area (Å²) < 4.78 is 23.1. The number of hydrogen-bond acceptors (Lipinski definition) is 7. The van der Waals surface area contributed by atoms with Gasteiger partial charge in [-0.05, 0) is 13.3 Å². The Bertz CT molecular complexity index is 741. The molecule has 0 aromatic carbocycles. The number of sulfone groups is 1. The third kappa shape index (κ3) is 2.75. The Morgan fingerprint density at radius 2 is 2.27 bits per heavy atom. The van der Waals surface area contributed by atoms with Crippen LogP contribution >= 0.6 is 11.3 Å². The number of anilines is 1. The van der Waals surface area contributed by atoms with Gasteiger partial charge in [-0.25, -0.2) is 18.4 Å². The number of hydrazone groups is 1. The quantitative estimate of drug-likeness (QED) is 0.784. The van der Waals surface area contributed by atoms with Crippen molar-refractivity contribution in [1.29, 1.82) is 0 Å². The second-order valence-corrected chi connectivity index (χ2v) is 8.36. The van der Waals surface area contributed by atoms with Crippen molar-refractivity contribution >= 4 is 43.8 Å². The predicted molar refractivity (Wildman–Crippen MR) is 81.2 cm³/mol. The smallest absolute Gasteiger partial charge is 0.261 e. The van der Waals surface area contributed by atoms with E-state index in [-0.39, 0.29) is 11.5 Å². The molecule has 118 valence electrons. The molecule has 1 saturated heterocycles. The molecule has 8 nitrogen and oxygen atoms in total. The van der Waals surface area contributed by atoms with Crippen molar-refractivity contribution < 1.29 is 18.0 Å². The SMILES string of the molecule is CC1=NN(C2CCS(=O)(=O)C2)C(=O)C1C(=O)Nc1nccs1. The first-order valence-corrected chi connectivity index (χ1v) is 9.36. The van der Waals surface area contributed by atoms with E-state index in [1.807, 2.05) is 0 Å². The highest BCUT2D eigenvalue weighted by Gasteiger charge is 2.44. The van der Waals surface area contributed by atoms with E-state index in [1.54, 1.807) is 18.5 Å². The Morgan fingerprint density at radius 1 is 1.50 bits per heavy atom. The molecule has 3 heterocycles. The Morgan fingerprint density at radius 3 is 2.86 bits per heavy atom. The number of nitrogens with zero attached hydrogens (tertiary/aromatic N) is 3. The van der Waals surface area contributed by atoms with E-state index in [0.717, 1.165) is 5.01 Å². The van der Waals surface area contributed by atoms with Gasteiger partial charge in [-0.3, -0.25) is 9.59 Å². The first kappa shape index (κ1) is 15.1. The lowest BCUT2D eigenvalue weighted by Crippen LogP contribution is -2.40. The highest BCUT2D eigenvalue weighted by atomic mass is 32.2. The van der Waals surface area contributed by atoms with Crippen molar-refractivity contribution in [3.05, 3.63) is 11.6 Å². The maximum atomic E-state index is 12.4. The van der Waals surface area contributed by atoms with Crippen LogP contribution in [0.25, 0.3) is 0 Å². The number of aromatic nitrogens is 1. The summed E-state index contributed by atoms with van der Waals surface area (Å²) in [5, 5.41) is 9.96. The van der Waals surface area contributed by atoms with Gasteiger partial charge in [0.2, 0.25) is 5.91 Å². The van der Waals surface area contributed by atoms with Crippen LogP contribution in [0.2, 0.25) is 0 Å². The summed E-state index contributed by atoms with van der Waals surface area (Å²) in [6, 6.07) is -0.481. The zero-order valence-electron chi connectivity index (χ0n) is 11.7. The summed E-state index contributed by atoms with van der Waals surface area (Å²) in [6.45, 7) is 1.59. The molecule has 0 bridgehead atoms. The topological polar surface area (TPSA) is 109 Å². The molecular weight excluding hydrogens is 328 g/mol. The normalized spacial score (nSPS) is 27.0. The maximum absolute atomic E-state index is 12.4. The van der Waals surface area contributed by atoms with E-state index >= 15 is 0 Å². The molecule has 1 fully saturated rings. The van der Waals surface area contributed by atoms with Gasteiger partial charge in [0.25, 0.3) is 5.91 Å². The first-order chi connectivity index (χ1) is 10.4. The van der Waals surface area contributed by atoms with Crippen molar-refractivity contribution in [3.8, 4) is 0 Å². The molecule has 2 aliphatic rings. The van der Waals surface area contributed by atoms with Gasteiger partial charge in [-0.2, -0.15) is 5.10 Å². The fourth-order valence-electron chi connectivity index (χ4n) is 2.58. The predicted octanol–water partition coefficient (Wildman–Crippen LogP) is 0.103. The van der Waals surface area contributed by atoms with E-state index in [1.165, 1.54) is 11.3 Å². The van der Waals surface area contributed by atoms with Crippen molar-refractivity contribution in [2.45, 2.75) is 19.4 Å². The van der Waals surface area contributed by atoms with Crippen molar-refractivity contribution in [1.82, 2.24) is 9.99 Å². The molecule has 0 spiro atoms. The lowest BCUT2D eigenvalue weighted by Gasteiger charge is -2.19. The summed E-state index contributed by atoms with van der Waals surface area (Å²) >= 11 is 1.25. The van der Waals surface area contributed by atoms with Crippen LogP contribution in [0, 0.1) is 5.92 Å². The van der Waals surface area contributed by atoms with Gasteiger partial charge < -0.3 is 5.32 Å². The first-order valence-electron chi connectivity index (χ1n) is 6.66. The standard InChI is InChI=1S/C12H14N4O4S2/c1-7-9(10(17)14-12-13-3-4-21-12)11(18)16(15-7)8-2-5-22(19,20)6-8/h3-4,8-9H,2,5-6H2,1H3,(H,13,14,17). The van der Waals surface area contributed by atoms with Gasteiger partial charge in [-0.1, -0.05) is 0 Å². The molecule has 1 aromatic heterocycles. The van der Waals surface area contributed by atoms with Gasteiger partial charge in [0.1, 0.15) is 0 Å².